The van der Waals surface area contributed by atoms with Crippen LogP contribution in [0, 0.1) is 5.82 Å². The highest BCUT2D eigenvalue weighted by molar-refractivity contribution is 7.99. The van der Waals surface area contributed by atoms with Crippen LogP contribution in [0.25, 0.3) is 11.5 Å². The van der Waals surface area contributed by atoms with Crippen molar-refractivity contribution in [1.29, 1.82) is 0 Å². The summed E-state index contributed by atoms with van der Waals surface area (Å²) in [5.41, 5.74) is 1.24. The summed E-state index contributed by atoms with van der Waals surface area (Å²) in [6.45, 7) is 1.61. The van der Waals surface area contributed by atoms with Gasteiger partial charge in [-0.25, -0.2) is 12.8 Å². The van der Waals surface area contributed by atoms with Crippen LogP contribution in [0.5, 0.6) is 0 Å². The van der Waals surface area contributed by atoms with E-state index < -0.39 is 10.0 Å². The summed E-state index contributed by atoms with van der Waals surface area (Å²) < 4.78 is 50.9. The lowest BCUT2D eigenvalue weighted by Crippen LogP contribution is -2.40. The minimum absolute atomic E-state index is 0.0499. The van der Waals surface area contributed by atoms with Gasteiger partial charge in [-0.3, -0.25) is 4.79 Å². The van der Waals surface area contributed by atoms with Gasteiger partial charge in [-0.05, 0) is 35.9 Å². The van der Waals surface area contributed by atoms with Gasteiger partial charge < -0.3 is 14.5 Å². The quantitative estimate of drug-likeness (QED) is 0.477. The fraction of sp³-hybridized carbons (Fsp3) is 0.286. The van der Waals surface area contributed by atoms with Gasteiger partial charge in [0.2, 0.25) is 21.8 Å². The summed E-state index contributed by atoms with van der Waals surface area (Å²) in [6.07, 6.45) is 0. The second kappa shape index (κ2) is 10.4. The number of halogens is 1. The molecule has 1 saturated heterocycles. The van der Waals surface area contributed by atoms with Crippen LogP contribution in [0.15, 0.2) is 63.1 Å². The summed E-state index contributed by atoms with van der Waals surface area (Å²) in [5.74, 6) is -0.378. The SMILES string of the molecule is O=C(CSc1nnc(-c2cccc(S(=O)(=O)N3CCOCC3)c2)o1)NCc1ccc(F)cc1. The number of nitrogens with zero attached hydrogens (tertiary/aromatic N) is 3. The Labute approximate surface area is 194 Å². The summed E-state index contributed by atoms with van der Waals surface area (Å²) in [7, 11) is -3.65. The van der Waals surface area contributed by atoms with Gasteiger partial charge in [0.05, 0.1) is 23.9 Å². The molecule has 4 rings (SSSR count). The van der Waals surface area contributed by atoms with E-state index in [1.807, 2.05) is 0 Å². The highest BCUT2D eigenvalue weighted by Gasteiger charge is 2.27. The van der Waals surface area contributed by atoms with E-state index in [2.05, 4.69) is 15.5 Å². The molecule has 0 aliphatic carbocycles. The lowest BCUT2D eigenvalue weighted by Gasteiger charge is -2.26. The first-order valence-corrected chi connectivity index (χ1v) is 12.5. The van der Waals surface area contributed by atoms with E-state index in [0.717, 1.165) is 17.3 Å². The third-order valence-corrected chi connectivity index (χ3v) is 7.54. The number of aromatic nitrogens is 2. The van der Waals surface area contributed by atoms with Crippen molar-refractivity contribution in [3.8, 4) is 11.5 Å². The van der Waals surface area contributed by atoms with Crippen LogP contribution < -0.4 is 5.32 Å². The predicted octanol–water partition coefficient (Wildman–Crippen LogP) is 2.31. The molecule has 1 aliphatic heterocycles. The van der Waals surface area contributed by atoms with Crippen molar-refractivity contribution in [3.63, 3.8) is 0 Å². The third kappa shape index (κ3) is 5.96. The number of benzene rings is 2. The van der Waals surface area contributed by atoms with Gasteiger partial charge >= 0.3 is 0 Å². The molecule has 1 fully saturated rings. The highest BCUT2D eigenvalue weighted by Crippen LogP contribution is 2.26. The molecule has 1 N–H and O–H groups in total. The zero-order valence-electron chi connectivity index (χ0n) is 17.4. The van der Waals surface area contributed by atoms with Crippen molar-refractivity contribution in [1.82, 2.24) is 19.8 Å². The van der Waals surface area contributed by atoms with Crippen LogP contribution in [0.4, 0.5) is 4.39 Å². The summed E-state index contributed by atoms with van der Waals surface area (Å²) in [5, 5.41) is 10.8. The van der Waals surface area contributed by atoms with Gasteiger partial charge in [0.1, 0.15) is 5.82 Å². The van der Waals surface area contributed by atoms with Gasteiger partial charge in [0.15, 0.2) is 0 Å². The van der Waals surface area contributed by atoms with Crippen molar-refractivity contribution in [2.75, 3.05) is 32.1 Å². The van der Waals surface area contributed by atoms with E-state index in [0.29, 0.717) is 31.9 Å². The third-order valence-electron chi connectivity index (χ3n) is 4.82. The van der Waals surface area contributed by atoms with E-state index in [9.17, 15) is 17.6 Å². The van der Waals surface area contributed by atoms with Crippen LogP contribution in [-0.4, -0.2) is 60.9 Å². The number of hydrogen-bond acceptors (Lipinski definition) is 8. The van der Waals surface area contributed by atoms with E-state index in [-0.39, 0.29) is 40.0 Å². The first kappa shape index (κ1) is 23.4. The van der Waals surface area contributed by atoms with Crippen LogP contribution >= 0.6 is 11.8 Å². The minimum Gasteiger partial charge on any atom is -0.411 e. The fourth-order valence-corrected chi connectivity index (χ4v) is 5.14. The van der Waals surface area contributed by atoms with Crippen molar-refractivity contribution in [2.24, 2.45) is 0 Å². The number of nitrogens with one attached hydrogen (secondary N) is 1. The Morgan fingerprint density at radius 1 is 1.12 bits per heavy atom. The number of ether oxygens (including phenoxy) is 1. The summed E-state index contributed by atoms with van der Waals surface area (Å²) in [4.78, 5) is 12.2. The Bertz CT molecular complexity index is 1210. The Morgan fingerprint density at radius 3 is 2.64 bits per heavy atom. The normalized spacial score (nSPS) is 14.8. The number of morpholine rings is 1. The molecule has 0 saturated carbocycles. The van der Waals surface area contributed by atoms with Crippen molar-refractivity contribution in [3.05, 3.63) is 59.9 Å². The molecule has 1 aromatic heterocycles. The topological polar surface area (TPSA) is 115 Å². The van der Waals surface area contributed by atoms with Crippen molar-refractivity contribution >= 4 is 27.7 Å². The van der Waals surface area contributed by atoms with E-state index in [1.165, 1.54) is 28.6 Å². The fourth-order valence-electron chi connectivity index (χ4n) is 3.09. The van der Waals surface area contributed by atoms with Crippen LogP contribution in [0.1, 0.15) is 5.56 Å². The number of rotatable bonds is 8. The molecule has 1 aliphatic rings. The second-order valence-corrected chi connectivity index (χ2v) is 9.97. The first-order valence-electron chi connectivity index (χ1n) is 10.1. The molecule has 174 valence electrons. The number of carbonyl (C=O) groups excluding carboxylic acids is 1. The largest absolute Gasteiger partial charge is 0.411 e. The average Bonchev–Trinajstić information content (AvgIpc) is 3.32. The molecule has 3 aromatic rings. The Hall–Kier alpha value is -2.80. The van der Waals surface area contributed by atoms with Crippen molar-refractivity contribution < 1.29 is 26.8 Å². The molecule has 33 heavy (non-hydrogen) atoms. The maximum absolute atomic E-state index is 12.9. The molecule has 12 heteroatoms. The van der Waals surface area contributed by atoms with Gasteiger partial charge in [0.25, 0.3) is 5.22 Å². The molecule has 0 radical (unpaired) electrons. The lowest BCUT2D eigenvalue weighted by atomic mass is 10.2. The molecular weight excluding hydrogens is 471 g/mol. The zero-order chi connectivity index (χ0) is 23.3. The van der Waals surface area contributed by atoms with Crippen molar-refractivity contribution in [2.45, 2.75) is 16.7 Å². The minimum atomic E-state index is -3.65. The van der Waals surface area contributed by atoms with Gasteiger partial charge in [0, 0.05) is 25.2 Å². The van der Waals surface area contributed by atoms with Gasteiger partial charge in [-0.1, -0.05) is 30.0 Å². The zero-order valence-corrected chi connectivity index (χ0v) is 19.1. The number of hydrogen-bond donors (Lipinski definition) is 1. The van der Waals surface area contributed by atoms with E-state index >= 15 is 0 Å². The molecule has 0 unspecified atom stereocenters. The Balaban J connectivity index is 1.35. The molecule has 1 amide bonds. The van der Waals surface area contributed by atoms with E-state index in [4.69, 9.17) is 9.15 Å². The summed E-state index contributed by atoms with van der Waals surface area (Å²) in [6, 6.07) is 12.2. The molecule has 0 bridgehead atoms. The molecule has 0 spiro atoms. The molecule has 2 aromatic carbocycles. The Morgan fingerprint density at radius 2 is 1.88 bits per heavy atom. The van der Waals surface area contributed by atoms with Crippen LogP contribution in [0.2, 0.25) is 0 Å². The highest BCUT2D eigenvalue weighted by atomic mass is 32.2. The molecule has 0 atom stereocenters. The monoisotopic (exact) mass is 492 g/mol. The molecular formula is C21H21FN4O5S2. The van der Waals surface area contributed by atoms with Gasteiger partial charge in [-0.2, -0.15) is 4.31 Å². The first-order chi connectivity index (χ1) is 15.9. The molecule has 9 nitrogen and oxygen atoms in total. The number of sulfonamides is 1. The lowest BCUT2D eigenvalue weighted by molar-refractivity contribution is -0.118. The summed E-state index contributed by atoms with van der Waals surface area (Å²) >= 11 is 1.06. The Kier molecular flexibility index (Phi) is 7.38. The maximum atomic E-state index is 12.9. The number of thioether (sulfide) groups is 1. The smallest absolute Gasteiger partial charge is 0.277 e. The number of amides is 1. The molecule has 2 heterocycles. The van der Waals surface area contributed by atoms with E-state index in [1.54, 1.807) is 24.3 Å². The van der Waals surface area contributed by atoms with Crippen LogP contribution in [0.3, 0.4) is 0 Å². The standard InChI is InChI=1S/C21H21FN4O5S2/c22-17-6-4-15(5-7-17)13-23-19(27)14-32-21-25-24-20(31-21)16-2-1-3-18(12-16)33(28,29)26-8-10-30-11-9-26/h1-7,12H,8-11,13-14H2,(H,23,27). The maximum Gasteiger partial charge on any atom is 0.277 e. The second-order valence-electron chi connectivity index (χ2n) is 7.11. The number of carbonyl (C=O) groups is 1. The van der Waals surface area contributed by atoms with Crippen LogP contribution in [-0.2, 0) is 26.1 Å². The average molecular weight is 493 g/mol. The van der Waals surface area contributed by atoms with Gasteiger partial charge in [-0.15, -0.1) is 10.2 Å². The predicted molar refractivity (Wildman–Crippen MR) is 118 cm³/mol.